The lowest BCUT2D eigenvalue weighted by molar-refractivity contribution is -0.119. The van der Waals surface area contributed by atoms with Gasteiger partial charge in [0.05, 0.1) is 44.6 Å². The molecular formula is C20H24ClN5O3. The van der Waals surface area contributed by atoms with E-state index in [9.17, 15) is 9.59 Å². The third-order valence-electron chi connectivity index (χ3n) is 4.69. The first kappa shape index (κ1) is 21.0. The Morgan fingerprint density at radius 3 is 2.66 bits per heavy atom. The molecule has 3 rings (SSSR count). The van der Waals surface area contributed by atoms with E-state index < -0.39 is 0 Å². The van der Waals surface area contributed by atoms with Crippen LogP contribution in [-0.2, 0) is 11.2 Å². The summed E-state index contributed by atoms with van der Waals surface area (Å²) in [6, 6.07) is 2.92. The van der Waals surface area contributed by atoms with Crippen molar-refractivity contribution in [2.45, 2.75) is 33.2 Å². The molecule has 0 aromatic carbocycles. The number of amides is 2. The van der Waals surface area contributed by atoms with Gasteiger partial charge in [-0.25, -0.2) is 14.8 Å². The Hall–Kier alpha value is -2.74. The molecule has 2 aromatic heterocycles. The van der Waals surface area contributed by atoms with Crippen molar-refractivity contribution in [3.8, 4) is 5.75 Å². The second-order valence-corrected chi connectivity index (χ2v) is 7.60. The molecule has 1 saturated heterocycles. The highest BCUT2D eigenvalue weighted by Gasteiger charge is 2.41. The van der Waals surface area contributed by atoms with E-state index >= 15 is 0 Å². The minimum atomic E-state index is -0.278. The van der Waals surface area contributed by atoms with Crippen molar-refractivity contribution in [1.29, 1.82) is 0 Å². The molecule has 0 unspecified atom stereocenters. The molecule has 3 heterocycles. The summed E-state index contributed by atoms with van der Waals surface area (Å²) in [7, 11) is 0. The molecule has 0 radical (unpaired) electrons. The van der Waals surface area contributed by atoms with Crippen molar-refractivity contribution in [3.63, 3.8) is 0 Å². The first-order chi connectivity index (χ1) is 13.9. The van der Waals surface area contributed by atoms with Crippen LogP contribution in [0.3, 0.4) is 0 Å². The molecule has 0 bridgehead atoms. The summed E-state index contributed by atoms with van der Waals surface area (Å²) in [5.74, 6) is 0.914. The molecule has 2 amide bonds. The second kappa shape index (κ2) is 9.17. The maximum absolute atomic E-state index is 13.0. The van der Waals surface area contributed by atoms with E-state index in [-0.39, 0.29) is 36.7 Å². The van der Waals surface area contributed by atoms with Gasteiger partial charge in [0.1, 0.15) is 0 Å². The van der Waals surface area contributed by atoms with E-state index in [0.717, 1.165) is 0 Å². The van der Waals surface area contributed by atoms with Crippen LogP contribution < -0.4 is 9.64 Å². The minimum Gasteiger partial charge on any atom is -0.491 e. The van der Waals surface area contributed by atoms with E-state index in [0.29, 0.717) is 35.6 Å². The minimum absolute atomic E-state index is 0.00338. The number of nitrogens with zero attached hydrogens (tertiary/aromatic N) is 5. The zero-order chi connectivity index (χ0) is 21.0. The molecule has 8 nitrogen and oxygen atoms in total. The summed E-state index contributed by atoms with van der Waals surface area (Å²) < 4.78 is 5.35. The number of ketones is 1. The number of hydrogen-bond donors (Lipinski definition) is 0. The average molecular weight is 418 g/mol. The molecule has 0 spiro atoms. The number of urea groups is 1. The number of aromatic nitrogens is 3. The third kappa shape index (κ3) is 5.00. The van der Waals surface area contributed by atoms with Crippen LogP contribution >= 0.6 is 11.6 Å². The van der Waals surface area contributed by atoms with Crippen LogP contribution in [0.15, 0.2) is 30.7 Å². The Bertz CT molecular complexity index is 875. The number of Topliss-reactive ketones (excluding diaryl/α,β-unsaturated/α-hetero) is 1. The molecular weight excluding hydrogens is 394 g/mol. The maximum Gasteiger partial charge on any atom is 0.327 e. The predicted molar refractivity (Wildman–Crippen MR) is 109 cm³/mol. The highest BCUT2D eigenvalue weighted by Crippen LogP contribution is 2.26. The van der Waals surface area contributed by atoms with Gasteiger partial charge in [-0.3, -0.25) is 14.7 Å². The van der Waals surface area contributed by atoms with Crippen LogP contribution in [0.4, 0.5) is 10.7 Å². The van der Waals surface area contributed by atoms with E-state index in [4.69, 9.17) is 16.3 Å². The fourth-order valence-corrected chi connectivity index (χ4v) is 3.45. The van der Waals surface area contributed by atoms with Gasteiger partial charge in [0.2, 0.25) is 5.95 Å². The summed E-state index contributed by atoms with van der Waals surface area (Å²) in [6.07, 6.45) is 4.77. The highest BCUT2D eigenvalue weighted by molar-refractivity contribution is 6.30. The molecule has 1 aliphatic rings. The van der Waals surface area contributed by atoms with Crippen molar-refractivity contribution in [1.82, 2.24) is 19.9 Å². The van der Waals surface area contributed by atoms with E-state index in [2.05, 4.69) is 15.0 Å². The summed E-state index contributed by atoms with van der Waals surface area (Å²) in [5.41, 5.74) is 0.585. The standard InChI is InChI=1S/C20H24ClN5O3/c1-4-29-17-9-23-19(24-10-17)26-12-18(13(2)3)25(20(26)28)11-16(27)8-15-7-14(21)5-6-22-15/h5-7,9-10,13,18H,4,8,11-12H2,1-3H3/t18-/m1/s1. The molecule has 0 aliphatic carbocycles. The second-order valence-electron chi connectivity index (χ2n) is 7.17. The number of halogens is 1. The quantitative estimate of drug-likeness (QED) is 0.656. The molecule has 154 valence electrons. The van der Waals surface area contributed by atoms with Gasteiger partial charge in [-0.15, -0.1) is 0 Å². The Labute approximate surface area is 174 Å². The molecule has 1 fully saturated rings. The van der Waals surface area contributed by atoms with Gasteiger partial charge in [-0.2, -0.15) is 0 Å². The van der Waals surface area contributed by atoms with Gasteiger partial charge in [0.25, 0.3) is 0 Å². The van der Waals surface area contributed by atoms with Crippen molar-refractivity contribution in [2.75, 3.05) is 24.6 Å². The Kier molecular flexibility index (Phi) is 6.64. The number of carbonyl (C=O) groups is 2. The van der Waals surface area contributed by atoms with Gasteiger partial charge in [0, 0.05) is 16.9 Å². The van der Waals surface area contributed by atoms with Crippen LogP contribution in [0.5, 0.6) is 5.75 Å². The SMILES string of the molecule is CCOc1cnc(N2C[C@H](C(C)C)N(CC(=O)Cc3cc(Cl)ccn3)C2=O)nc1. The Balaban J connectivity index is 1.73. The topological polar surface area (TPSA) is 88.5 Å². The largest absolute Gasteiger partial charge is 0.491 e. The summed E-state index contributed by atoms with van der Waals surface area (Å²) >= 11 is 5.96. The van der Waals surface area contributed by atoms with Crippen LogP contribution in [0, 0.1) is 5.92 Å². The van der Waals surface area contributed by atoms with Crippen LogP contribution in [0.2, 0.25) is 5.02 Å². The number of anilines is 1. The van der Waals surface area contributed by atoms with Gasteiger partial charge < -0.3 is 9.64 Å². The number of pyridine rings is 1. The van der Waals surface area contributed by atoms with Gasteiger partial charge in [0.15, 0.2) is 11.5 Å². The number of rotatable bonds is 8. The lowest BCUT2D eigenvalue weighted by atomic mass is 10.0. The number of hydrogen-bond acceptors (Lipinski definition) is 6. The average Bonchev–Trinajstić information content (AvgIpc) is 2.99. The summed E-state index contributed by atoms with van der Waals surface area (Å²) in [4.78, 5) is 41.4. The van der Waals surface area contributed by atoms with Crippen LogP contribution in [-0.4, -0.2) is 57.4 Å². The van der Waals surface area contributed by atoms with Gasteiger partial charge in [-0.1, -0.05) is 25.4 Å². The molecule has 0 N–H and O–H groups in total. The van der Waals surface area contributed by atoms with E-state index in [1.54, 1.807) is 35.6 Å². The smallest absolute Gasteiger partial charge is 0.327 e. The van der Waals surface area contributed by atoms with Crippen LogP contribution in [0.25, 0.3) is 0 Å². The predicted octanol–water partition coefficient (Wildman–Crippen LogP) is 3.00. The normalized spacial score (nSPS) is 16.6. The van der Waals surface area contributed by atoms with Crippen molar-refractivity contribution in [2.24, 2.45) is 5.92 Å². The van der Waals surface area contributed by atoms with E-state index in [1.165, 1.54) is 4.90 Å². The lowest BCUT2D eigenvalue weighted by Crippen LogP contribution is -2.41. The molecule has 1 atom stereocenters. The first-order valence-corrected chi connectivity index (χ1v) is 9.92. The molecule has 29 heavy (non-hydrogen) atoms. The molecule has 2 aromatic rings. The number of ether oxygens (including phenoxy) is 1. The molecule has 1 aliphatic heterocycles. The van der Waals surface area contributed by atoms with Crippen molar-refractivity contribution in [3.05, 3.63) is 41.4 Å². The monoisotopic (exact) mass is 417 g/mol. The lowest BCUT2D eigenvalue weighted by Gasteiger charge is -2.25. The Morgan fingerprint density at radius 2 is 2.03 bits per heavy atom. The molecule has 0 saturated carbocycles. The zero-order valence-electron chi connectivity index (χ0n) is 16.7. The van der Waals surface area contributed by atoms with Crippen molar-refractivity contribution < 1.29 is 14.3 Å². The zero-order valence-corrected chi connectivity index (χ0v) is 17.5. The third-order valence-corrected chi connectivity index (χ3v) is 4.92. The van der Waals surface area contributed by atoms with E-state index in [1.807, 2.05) is 20.8 Å². The Morgan fingerprint density at radius 1 is 1.31 bits per heavy atom. The van der Waals surface area contributed by atoms with Crippen molar-refractivity contribution >= 4 is 29.4 Å². The maximum atomic E-state index is 13.0. The molecule has 9 heteroatoms. The summed E-state index contributed by atoms with van der Waals surface area (Å²) in [5, 5.41) is 0.527. The first-order valence-electron chi connectivity index (χ1n) is 9.54. The van der Waals surface area contributed by atoms with Gasteiger partial charge in [-0.05, 0) is 25.0 Å². The highest BCUT2D eigenvalue weighted by atomic mass is 35.5. The fourth-order valence-electron chi connectivity index (χ4n) is 3.27. The summed E-state index contributed by atoms with van der Waals surface area (Å²) in [6.45, 7) is 6.86. The van der Waals surface area contributed by atoms with Crippen LogP contribution in [0.1, 0.15) is 26.5 Å². The number of carbonyl (C=O) groups excluding carboxylic acids is 2. The fraction of sp³-hybridized carbons (Fsp3) is 0.450. The van der Waals surface area contributed by atoms with Gasteiger partial charge >= 0.3 is 6.03 Å².